The molecule has 1 atom stereocenters. The normalized spacial score (nSPS) is 27.4. The SMILES string of the molecule is CC1(C)OB(c2ccccc2)OC1(C)CC(=O)N1CCCC1. The van der Waals surface area contributed by atoms with E-state index >= 15 is 0 Å². The van der Waals surface area contributed by atoms with Crippen LogP contribution in [0.15, 0.2) is 30.3 Å². The third-order valence-electron chi connectivity index (χ3n) is 5.06. The predicted octanol–water partition coefficient (Wildman–Crippen LogP) is 1.98. The highest BCUT2D eigenvalue weighted by molar-refractivity contribution is 6.62. The molecule has 2 aliphatic rings. The van der Waals surface area contributed by atoms with Gasteiger partial charge in [0, 0.05) is 13.1 Å². The number of hydrogen-bond acceptors (Lipinski definition) is 3. The number of carbonyl (C=O) groups excluding carboxylic acids is 1. The minimum atomic E-state index is -0.618. The van der Waals surface area contributed by atoms with Crippen LogP contribution in [0.3, 0.4) is 0 Å². The van der Waals surface area contributed by atoms with E-state index < -0.39 is 18.3 Å². The average Bonchev–Trinajstić information content (AvgIpc) is 3.08. The Balaban J connectivity index is 1.75. The van der Waals surface area contributed by atoms with Crippen molar-refractivity contribution >= 4 is 18.5 Å². The Morgan fingerprint density at radius 2 is 1.77 bits per heavy atom. The molecule has 118 valence electrons. The molecule has 1 aromatic carbocycles. The molecule has 0 aliphatic carbocycles. The fourth-order valence-electron chi connectivity index (χ4n) is 3.16. The minimum Gasteiger partial charge on any atom is -0.399 e. The Labute approximate surface area is 132 Å². The second-order valence-electron chi connectivity index (χ2n) is 6.98. The van der Waals surface area contributed by atoms with E-state index in [9.17, 15) is 4.79 Å². The topological polar surface area (TPSA) is 38.8 Å². The molecule has 3 rings (SSSR count). The maximum absolute atomic E-state index is 12.5. The first kappa shape index (κ1) is 15.6. The maximum atomic E-state index is 12.5. The van der Waals surface area contributed by atoms with Crippen LogP contribution >= 0.6 is 0 Å². The van der Waals surface area contributed by atoms with Gasteiger partial charge in [0.2, 0.25) is 5.91 Å². The summed E-state index contributed by atoms with van der Waals surface area (Å²) in [6, 6.07) is 9.91. The van der Waals surface area contributed by atoms with Gasteiger partial charge >= 0.3 is 7.12 Å². The molecular formula is C17H24BNO3. The summed E-state index contributed by atoms with van der Waals surface area (Å²) in [5.41, 5.74) is -0.135. The molecule has 1 aromatic rings. The molecule has 4 nitrogen and oxygen atoms in total. The van der Waals surface area contributed by atoms with Gasteiger partial charge in [-0.3, -0.25) is 4.79 Å². The molecule has 0 N–H and O–H groups in total. The molecule has 0 spiro atoms. The van der Waals surface area contributed by atoms with Crippen LogP contribution in [-0.2, 0) is 14.1 Å². The van der Waals surface area contributed by atoms with Gasteiger partial charge in [-0.25, -0.2) is 0 Å². The highest BCUT2D eigenvalue weighted by Crippen LogP contribution is 2.40. The van der Waals surface area contributed by atoms with Gasteiger partial charge in [0.15, 0.2) is 0 Å². The van der Waals surface area contributed by atoms with Crippen molar-refractivity contribution in [2.45, 2.75) is 51.2 Å². The number of nitrogens with zero attached hydrogens (tertiary/aromatic N) is 1. The molecule has 2 fully saturated rings. The Morgan fingerprint density at radius 1 is 1.14 bits per heavy atom. The highest BCUT2D eigenvalue weighted by Gasteiger charge is 2.55. The second-order valence-corrected chi connectivity index (χ2v) is 6.98. The molecule has 0 aromatic heterocycles. The number of hydrogen-bond donors (Lipinski definition) is 0. The number of amides is 1. The van der Waals surface area contributed by atoms with Crippen LogP contribution < -0.4 is 5.46 Å². The lowest BCUT2D eigenvalue weighted by atomic mass is 9.79. The van der Waals surface area contributed by atoms with Crippen molar-refractivity contribution in [1.82, 2.24) is 4.90 Å². The van der Waals surface area contributed by atoms with E-state index in [1.165, 1.54) is 0 Å². The third-order valence-corrected chi connectivity index (χ3v) is 5.06. The van der Waals surface area contributed by atoms with E-state index in [1.54, 1.807) is 0 Å². The molecule has 2 aliphatic heterocycles. The first-order valence-corrected chi connectivity index (χ1v) is 8.10. The maximum Gasteiger partial charge on any atom is 0.494 e. The largest absolute Gasteiger partial charge is 0.494 e. The van der Waals surface area contributed by atoms with E-state index in [4.69, 9.17) is 9.31 Å². The first-order chi connectivity index (χ1) is 10.4. The van der Waals surface area contributed by atoms with Crippen LogP contribution in [0.2, 0.25) is 0 Å². The van der Waals surface area contributed by atoms with Gasteiger partial charge in [0.05, 0.1) is 17.6 Å². The zero-order valence-corrected chi connectivity index (χ0v) is 13.7. The van der Waals surface area contributed by atoms with Crippen molar-refractivity contribution in [2.24, 2.45) is 0 Å². The predicted molar refractivity (Wildman–Crippen MR) is 86.9 cm³/mol. The molecule has 5 heteroatoms. The van der Waals surface area contributed by atoms with Crippen LogP contribution in [0.4, 0.5) is 0 Å². The van der Waals surface area contributed by atoms with E-state index in [-0.39, 0.29) is 5.91 Å². The Morgan fingerprint density at radius 3 is 2.41 bits per heavy atom. The summed E-state index contributed by atoms with van der Waals surface area (Å²) in [6.07, 6.45) is 2.58. The van der Waals surface area contributed by atoms with Crippen LogP contribution in [0.1, 0.15) is 40.0 Å². The Hall–Kier alpha value is -1.33. The zero-order chi connectivity index (χ0) is 15.8. The van der Waals surface area contributed by atoms with E-state index in [0.717, 1.165) is 31.4 Å². The molecule has 0 bridgehead atoms. The number of benzene rings is 1. The second kappa shape index (κ2) is 5.71. The lowest BCUT2D eigenvalue weighted by Gasteiger charge is -2.36. The summed E-state index contributed by atoms with van der Waals surface area (Å²) in [6.45, 7) is 7.75. The van der Waals surface area contributed by atoms with Crippen molar-refractivity contribution in [1.29, 1.82) is 0 Å². The third kappa shape index (κ3) is 2.80. The van der Waals surface area contributed by atoms with Gasteiger partial charge < -0.3 is 14.2 Å². The lowest BCUT2D eigenvalue weighted by molar-refractivity contribution is -0.136. The van der Waals surface area contributed by atoms with E-state index in [0.29, 0.717) is 6.42 Å². The van der Waals surface area contributed by atoms with E-state index in [2.05, 4.69) is 0 Å². The molecule has 0 radical (unpaired) electrons. The zero-order valence-electron chi connectivity index (χ0n) is 13.7. The first-order valence-electron chi connectivity index (χ1n) is 8.10. The van der Waals surface area contributed by atoms with Crippen molar-refractivity contribution in [3.05, 3.63) is 30.3 Å². The smallest absolute Gasteiger partial charge is 0.399 e. The molecule has 1 amide bonds. The molecular weight excluding hydrogens is 277 g/mol. The van der Waals surface area contributed by atoms with Crippen LogP contribution in [0.25, 0.3) is 0 Å². The molecule has 2 heterocycles. The fraction of sp³-hybridized carbons (Fsp3) is 0.588. The quantitative estimate of drug-likeness (QED) is 0.801. The van der Waals surface area contributed by atoms with E-state index in [1.807, 2.05) is 56.0 Å². The van der Waals surface area contributed by atoms with Crippen LogP contribution in [-0.4, -0.2) is 42.2 Å². The minimum absolute atomic E-state index is 0.172. The monoisotopic (exact) mass is 301 g/mol. The summed E-state index contributed by atoms with van der Waals surface area (Å²) in [7, 11) is -0.410. The molecule has 0 saturated carbocycles. The molecule has 1 unspecified atom stereocenters. The van der Waals surface area contributed by atoms with Crippen molar-refractivity contribution in [3.63, 3.8) is 0 Å². The van der Waals surface area contributed by atoms with Crippen LogP contribution in [0, 0.1) is 0 Å². The number of likely N-dealkylation sites (tertiary alicyclic amines) is 1. The van der Waals surface area contributed by atoms with Crippen molar-refractivity contribution in [3.8, 4) is 0 Å². The number of rotatable bonds is 3. The average molecular weight is 301 g/mol. The summed E-state index contributed by atoms with van der Waals surface area (Å²) in [4.78, 5) is 14.5. The summed E-state index contributed by atoms with van der Waals surface area (Å²) in [5.74, 6) is 0.172. The van der Waals surface area contributed by atoms with Crippen LogP contribution in [0.5, 0.6) is 0 Å². The number of carbonyl (C=O) groups is 1. The molecule has 22 heavy (non-hydrogen) atoms. The standard InChI is InChI=1S/C17H24BNO3/c1-16(2)17(3,13-15(20)19-11-7-8-12-19)22-18(21-16)14-9-5-4-6-10-14/h4-6,9-10H,7-8,11-13H2,1-3H3. The van der Waals surface area contributed by atoms with Gasteiger partial charge in [-0.1, -0.05) is 30.3 Å². The van der Waals surface area contributed by atoms with Crippen molar-refractivity contribution in [2.75, 3.05) is 13.1 Å². The van der Waals surface area contributed by atoms with Gasteiger partial charge in [0.25, 0.3) is 0 Å². The fourth-order valence-corrected chi connectivity index (χ4v) is 3.16. The molecule has 2 saturated heterocycles. The van der Waals surface area contributed by atoms with Gasteiger partial charge in [0.1, 0.15) is 0 Å². The summed E-state index contributed by atoms with van der Waals surface area (Å²) >= 11 is 0. The lowest BCUT2D eigenvalue weighted by Crippen LogP contribution is -2.48. The van der Waals surface area contributed by atoms with Gasteiger partial charge in [-0.2, -0.15) is 0 Å². The summed E-state index contributed by atoms with van der Waals surface area (Å²) < 4.78 is 12.3. The Bertz CT molecular complexity index is 542. The highest BCUT2D eigenvalue weighted by atomic mass is 16.7. The van der Waals surface area contributed by atoms with Gasteiger partial charge in [-0.05, 0) is 39.1 Å². The van der Waals surface area contributed by atoms with Crippen molar-refractivity contribution < 1.29 is 14.1 Å². The van der Waals surface area contributed by atoms with Gasteiger partial charge in [-0.15, -0.1) is 0 Å². The summed E-state index contributed by atoms with van der Waals surface area (Å²) in [5, 5.41) is 0. The Kier molecular flexibility index (Phi) is 4.04.